The van der Waals surface area contributed by atoms with Crippen LogP contribution in [0, 0.1) is 11.3 Å². The van der Waals surface area contributed by atoms with Gasteiger partial charge in [0.15, 0.2) is 5.65 Å². The van der Waals surface area contributed by atoms with Gasteiger partial charge in [0.25, 0.3) is 10.0 Å². The molecule has 0 atom stereocenters. The van der Waals surface area contributed by atoms with E-state index in [2.05, 4.69) is 32.1 Å². The van der Waals surface area contributed by atoms with Gasteiger partial charge in [0.05, 0.1) is 38.6 Å². The van der Waals surface area contributed by atoms with Crippen molar-refractivity contribution in [2.75, 3.05) is 0 Å². The lowest BCUT2D eigenvalue weighted by Gasteiger charge is -2.11. The lowest BCUT2D eigenvalue weighted by Crippen LogP contribution is -2.19. The minimum atomic E-state index is -4.12. The Bertz CT molecular complexity index is 2350. The molecule has 0 aliphatic heterocycles. The van der Waals surface area contributed by atoms with Crippen molar-refractivity contribution in [3.05, 3.63) is 125 Å². The van der Waals surface area contributed by atoms with Gasteiger partial charge in [-0.25, -0.2) is 21.9 Å². The van der Waals surface area contributed by atoms with E-state index in [1.807, 2.05) is 0 Å². The van der Waals surface area contributed by atoms with Crippen LogP contribution in [0.25, 0.3) is 27.6 Å². The van der Waals surface area contributed by atoms with Crippen LogP contribution < -0.4 is 4.74 Å². The lowest BCUT2D eigenvalue weighted by atomic mass is 10.1. The lowest BCUT2D eigenvalue weighted by molar-refractivity contribution is 0.103. The number of rotatable bonds is 6. The van der Waals surface area contributed by atoms with E-state index in [9.17, 15) is 13.2 Å². The number of benzene rings is 4. The second-order valence-electron chi connectivity index (χ2n) is 9.46. The molecular weight excluding hydrogens is 618 g/mol. The molecule has 11 heteroatoms. The maximum Gasteiger partial charge on any atom is 0.268 e. The van der Waals surface area contributed by atoms with E-state index in [0.717, 1.165) is 3.97 Å². The zero-order valence-electron chi connectivity index (χ0n) is 21.5. The van der Waals surface area contributed by atoms with Gasteiger partial charge in [-0.2, -0.15) is 5.26 Å². The number of hydrogen-bond acceptors (Lipinski definition) is 6. The molecule has 3 aromatic heterocycles. The molecule has 0 saturated carbocycles. The van der Waals surface area contributed by atoms with E-state index in [-0.39, 0.29) is 16.2 Å². The third-order valence-corrected chi connectivity index (χ3v) is 9.34. The number of halogens is 1. The van der Waals surface area contributed by atoms with Gasteiger partial charge in [0.2, 0.25) is 5.78 Å². The molecule has 0 bridgehead atoms. The molecule has 0 spiro atoms. The second-order valence-corrected chi connectivity index (χ2v) is 12.1. The predicted molar refractivity (Wildman–Crippen MR) is 160 cm³/mol. The van der Waals surface area contributed by atoms with Gasteiger partial charge >= 0.3 is 0 Å². The largest absolute Gasteiger partial charge is 0.457 e. The molecular formula is C31H18BrN5O4S. The fourth-order valence-corrected chi connectivity index (χ4v) is 6.98. The van der Waals surface area contributed by atoms with Gasteiger partial charge in [-0.1, -0.05) is 46.3 Å². The summed E-state index contributed by atoms with van der Waals surface area (Å²) >= 11 is 3.50. The Balaban J connectivity index is 1.35. The van der Waals surface area contributed by atoms with Crippen LogP contribution in [0.2, 0.25) is 0 Å². The van der Waals surface area contributed by atoms with Crippen LogP contribution in [0.1, 0.15) is 21.6 Å². The number of carbonyl (C=O) groups is 1. The molecule has 0 unspecified atom stereocenters. The van der Waals surface area contributed by atoms with Gasteiger partial charge in [0.1, 0.15) is 17.2 Å². The van der Waals surface area contributed by atoms with Gasteiger partial charge in [0, 0.05) is 22.1 Å². The Labute approximate surface area is 247 Å². The number of ether oxygens (including phenoxy) is 1. The van der Waals surface area contributed by atoms with Crippen LogP contribution in [-0.4, -0.2) is 32.8 Å². The van der Waals surface area contributed by atoms with Crippen molar-refractivity contribution in [3.63, 3.8) is 0 Å². The van der Waals surface area contributed by atoms with Crippen molar-refractivity contribution in [1.82, 2.24) is 18.6 Å². The molecule has 0 aliphatic rings. The monoisotopic (exact) mass is 635 g/mol. The third kappa shape index (κ3) is 4.08. The second kappa shape index (κ2) is 9.73. The minimum Gasteiger partial charge on any atom is -0.457 e. The molecule has 0 amide bonds. The van der Waals surface area contributed by atoms with Crippen molar-refractivity contribution in [2.24, 2.45) is 0 Å². The molecule has 0 aliphatic carbocycles. The Morgan fingerprint density at radius 3 is 2.50 bits per heavy atom. The molecule has 7 aromatic rings. The van der Waals surface area contributed by atoms with E-state index in [4.69, 9.17) is 10.00 Å². The van der Waals surface area contributed by atoms with E-state index in [0.29, 0.717) is 49.1 Å². The van der Waals surface area contributed by atoms with Crippen molar-refractivity contribution in [1.29, 1.82) is 5.26 Å². The number of imidazole rings is 1. The molecule has 42 heavy (non-hydrogen) atoms. The zero-order chi connectivity index (χ0) is 29.0. The molecule has 1 N–H and O–H groups in total. The first-order valence-corrected chi connectivity index (χ1v) is 14.9. The quantitative estimate of drug-likeness (QED) is 0.204. The predicted octanol–water partition coefficient (Wildman–Crippen LogP) is 6.66. The van der Waals surface area contributed by atoms with Crippen LogP contribution in [-0.2, 0) is 10.0 Å². The summed E-state index contributed by atoms with van der Waals surface area (Å²) in [5.41, 5.74) is 2.64. The average Bonchev–Trinajstić information content (AvgIpc) is 3.70. The average molecular weight is 636 g/mol. The first-order valence-electron chi connectivity index (χ1n) is 12.7. The van der Waals surface area contributed by atoms with Crippen LogP contribution in [0.4, 0.5) is 0 Å². The maximum absolute atomic E-state index is 14.1. The van der Waals surface area contributed by atoms with Gasteiger partial charge in [-0.15, -0.1) is 0 Å². The summed E-state index contributed by atoms with van der Waals surface area (Å²) in [6, 6.07) is 29.0. The molecule has 9 nitrogen and oxygen atoms in total. The maximum atomic E-state index is 14.1. The van der Waals surface area contributed by atoms with E-state index in [1.54, 1.807) is 89.4 Å². The number of nitrogens with zero attached hydrogens (tertiary/aromatic N) is 4. The molecule has 0 radical (unpaired) electrons. The molecule has 7 rings (SSSR count). The normalized spacial score (nSPS) is 11.7. The number of aromatic nitrogens is 4. The van der Waals surface area contributed by atoms with E-state index < -0.39 is 15.8 Å². The van der Waals surface area contributed by atoms with Gasteiger partial charge < -0.3 is 4.74 Å². The Morgan fingerprint density at radius 1 is 0.905 bits per heavy atom. The topological polar surface area (TPSA) is 122 Å². The van der Waals surface area contributed by atoms with Crippen LogP contribution in [0.15, 0.2) is 113 Å². The summed E-state index contributed by atoms with van der Waals surface area (Å²) in [5.74, 6) is 0.502. The number of carbonyl (C=O) groups excluding carboxylic acids is 1. The van der Waals surface area contributed by atoms with Crippen molar-refractivity contribution in [3.8, 4) is 17.6 Å². The standard InChI is InChI=1S/C31H18BrN5O4S/c32-25-10-5-11-27-23(25)16-29(37(27)42(39,40)22-8-2-1-3-9-22)30(38)24-18-34-36-28-13-12-21(15-26(28)35-31(24)36)41-20-7-4-6-19(14-20)17-33/h1-16,18,34H. The summed E-state index contributed by atoms with van der Waals surface area (Å²) in [4.78, 5) is 18.9. The van der Waals surface area contributed by atoms with Crippen molar-refractivity contribution >= 4 is 59.3 Å². The number of ketones is 1. The smallest absolute Gasteiger partial charge is 0.268 e. The summed E-state index contributed by atoms with van der Waals surface area (Å²) < 4.78 is 37.1. The zero-order valence-corrected chi connectivity index (χ0v) is 23.9. The molecule has 204 valence electrons. The highest BCUT2D eigenvalue weighted by atomic mass is 79.9. The van der Waals surface area contributed by atoms with Gasteiger partial charge in [-0.05, 0) is 60.7 Å². The molecule has 3 heterocycles. The summed E-state index contributed by atoms with van der Waals surface area (Å²) in [6.07, 6.45) is 1.52. The Hall–Kier alpha value is -5.18. The fourth-order valence-electron chi connectivity index (χ4n) is 4.98. The SMILES string of the molecule is N#Cc1cccc(Oc2ccc3c(c2)nc2c(C(=O)c4cc5c(Br)cccc5n4S(=O)(=O)c4ccccc4)c[nH]n23)c1. The number of nitrogens with one attached hydrogen (secondary N) is 1. The number of nitriles is 1. The number of aromatic amines is 1. The molecule has 0 fully saturated rings. The van der Waals surface area contributed by atoms with Crippen LogP contribution in [0.5, 0.6) is 11.5 Å². The highest BCUT2D eigenvalue weighted by Crippen LogP contribution is 2.33. The number of fused-ring (bicyclic) bond motifs is 4. The Morgan fingerprint density at radius 2 is 1.69 bits per heavy atom. The highest BCUT2D eigenvalue weighted by Gasteiger charge is 2.29. The summed E-state index contributed by atoms with van der Waals surface area (Å²) in [6.45, 7) is 0. The molecule has 0 saturated heterocycles. The van der Waals surface area contributed by atoms with E-state index in [1.165, 1.54) is 18.3 Å². The highest BCUT2D eigenvalue weighted by molar-refractivity contribution is 9.10. The van der Waals surface area contributed by atoms with Crippen LogP contribution in [0.3, 0.4) is 0 Å². The first kappa shape index (κ1) is 25.8. The van der Waals surface area contributed by atoms with Crippen molar-refractivity contribution < 1.29 is 17.9 Å². The van der Waals surface area contributed by atoms with E-state index >= 15 is 0 Å². The number of hydrogen-bond donors (Lipinski definition) is 1. The molecule has 4 aromatic carbocycles. The first-order chi connectivity index (χ1) is 20.3. The summed E-state index contributed by atoms with van der Waals surface area (Å²) in [7, 11) is -4.12. The van der Waals surface area contributed by atoms with Gasteiger partial charge in [-0.3, -0.25) is 9.89 Å². The Kier molecular flexibility index (Phi) is 5.97. The van der Waals surface area contributed by atoms with Crippen LogP contribution >= 0.6 is 15.9 Å². The fraction of sp³-hybridized carbons (Fsp3) is 0. The third-order valence-electron chi connectivity index (χ3n) is 6.91. The minimum absolute atomic E-state index is 0.0179. The van der Waals surface area contributed by atoms with Crippen molar-refractivity contribution in [2.45, 2.75) is 4.90 Å². The number of H-pyrrole nitrogens is 1. The summed E-state index contributed by atoms with van der Waals surface area (Å²) in [5, 5.41) is 12.8.